The second kappa shape index (κ2) is 7.18. The van der Waals surface area contributed by atoms with Crippen molar-refractivity contribution in [2.45, 2.75) is 17.7 Å². The first-order valence-electron chi connectivity index (χ1n) is 6.73. The molecule has 0 amide bonds. The van der Waals surface area contributed by atoms with E-state index >= 15 is 0 Å². The van der Waals surface area contributed by atoms with Gasteiger partial charge in [-0.2, -0.15) is 0 Å². The van der Waals surface area contributed by atoms with Crippen molar-refractivity contribution in [2.75, 3.05) is 18.6 Å². The quantitative estimate of drug-likeness (QED) is 0.520. The van der Waals surface area contributed by atoms with E-state index in [0.717, 1.165) is 21.7 Å². The smallest absolute Gasteiger partial charge is 0.313 e. The molecule has 2 aromatic rings. The third-order valence-electron chi connectivity index (χ3n) is 3.26. The molecule has 0 fully saturated rings. The van der Waals surface area contributed by atoms with Crippen molar-refractivity contribution in [3.05, 3.63) is 59.7 Å². The summed E-state index contributed by atoms with van der Waals surface area (Å²) in [6, 6.07) is 15.6. The van der Waals surface area contributed by atoms with Gasteiger partial charge in [-0.3, -0.25) is 4.79 Å². The van der Waals surface area contributed by atoms with Gasteiger partial charge in [0.25, 0.3) is 0 Å². The van der Waals surface area contributed by atoms with E-state index in [2.05, 4.69) is 0 Å². The van der Waals surface area contributed by atoms with Crippen LogP contribution in [0.25, 0.3) is 0 Å². The molecule has 0 saturated carbocycles. The average Bonchev–Trinajstić information content (AvgIpc) is 2.51. The molecule has 0 heterocycles. The van der Waals surface area contributed by atoms with Gasteiger partial charge in [-0.1, -0.05) is 36.4 Å². The first kappa shape index (κ1) is 15.4. The minimum atomic E-state index is -0.291. The number of thioether (sulfide) groups is 1. The van der Waals surface area contributed by atoms with Gasteiger partial charge in [-0.25, -0.2) is 0 Å². The van der Waals surface area contributed by atoms with Crippen LogP contribution < -0.4 is 5.73 Å². The molecule has 2 aromatic carbocycles. The zero-order valence-electron chi connectivity index (χ0n) is 12.2. The van der Waals surface area contributed by atoms with Crippen molar-refractivity contribution >= 4 is 23.4 Å². The Morgan fingerprint density at radius 3 is 2.62 bits per heavy atom. The molecule has 0 spiro atoms. The Bertz CT molecular complexity index is 613. The van der Waals surface area contributed by atoms with E-state index in [-0.39, 0.29) is 11.9 Å². The molecule has 1 unspecified atom stereocenters. The summed E-state index contributed by atoms with van der Waals surface area (Å²) in [7, 11) is 1.42. The molecule has 2 N–H and O–H groups in total. The fourth-order valence-corrected chi connectivity index (χ4v) is 3.25. The average molecular weight is 301 g/mol. The summed E-state index contributed by atoms with van der Waals surface area (Å²) < 4.78 is 4.93. The van der Waals surface area contributed by atoms with Gasteiger partial charge in [-0.15, -0.1) is 11.8 Å². The lowest BCUT2D eigenvalue weighted by Gasteiger charge is -2.15. The zero-order valence-corrected chi connectivity index (χ0v) is 13.0. The van der Waals surface area contributed by atoms with Crippen LogP contribution in [0.4, 0.5) is 5.69 Å². The van der Waals surface area contributed by atoms with Crippen LogP contribution in [0.1, 0.15) is 17.0 Å². The number of nitrogen functional groups attached to an aromatic ring is 1. The van der Waals surface area contributed by atoms with E-state index < -0.39 is 0 Å². The van der Waals surface area contributed by atoms with E-state index in [1.165, 1.54) is 7.11 Å². The van der Waals surface area contributed by atoms with Gasteiger partial charge >= 0.3 is 5.97 Å². The van der Waals surface area contributed by atoms with Gasteiger partial charge < -0.3 is 10.5 Å². The van der Waals surface area contributed by atoms with Gasteiger partial charge in [0, 0.05) is 16.3 Å². The number of carbonyl (C=O) groups excluding carboxylic acids is 1. The Morgan fingerprint density at radius 1 is 1.24 bits per heavy atom. The second-order valence-corrected chi connectivity index (χ2v) is 5.90. The Hall–Kier alpha value is -1.94. The second-order valence-electron chi connectivity index (χ2n) is 4.84. The summed E-state index contributed by atoms with van der Waals surface area (Å²) in [6.45, 7) is 2.03. The lowest BCUT2D eigenvalue weighted by atomic mass is 10.0. The van der Waals surface area contributed by atoms with Gasteiger partial charge in [0.1, 0.15) is 0 Å². The minimum Gasteiger partial charge on any atom is -0.469 e. The normalized spacial score (nSPS) is 11.9. The van der Waals surface area contributed by atoms with Crippen LogP contribution in [-0.4, -0.2) is 18.8 Å². The lowest BCUT2D eigenvalue weighted by Crippen LogP contribution is -2.16. The van der Waals surface area contributed by atoms with Crippen LogP contribution in [0, 0.1) is 6.92 Å². The fraction of sp³-hybridized carbons (Fsp3) is 0.235. The van der Waals surface area contributed by atoms with Gasteiger partial charge in [0.2, 0.25) is 0 Å². The van der Waals surface area contributed by atoms with Gasteiger partial charge in [0.15, 0.2) is 0 Å². The number of ether oxygens (including phenoxy) is 1. The molecule has 0 aliphatic rings. The number of esters is 1. The van der Waals surface area contributed by atoms with E-state index in [4.69, 9.17) is 10.5 Å². The number of aryl methyl sites for hydroxylation is 1. The van der Waals surface area contributed by atoms with Crippen LogP contribution in [0.15, 0.2) is 53.4 Å². The van der Waals surface area contributed by atoms with Crippen LogP contribution in [0.5, 0.6) is 0 Å². The largest absolute Gasteiger partial charge is 0.469 e. The standard InChI is InChI=1S/C17H19NO2S/c1-12-8-9-15(18)16(10-12)21-11-14(17(19)20-2)13-6-4-3-5-7-13/h3-10,14H,11,18H2,1-2H3. The van der Waals surface area contributed by atoms with E-state index in [1.807, 2.05) is 55.5 Å². The molecule has 0 radical (unpaired) electrons. The van der Waals surface area contributed by atoms with Gasteiger partial charge in [-0.05, 0) is 30.2 Å². The summed E-state index contributed by atoms with van der Waals surface area (Å²) in [5.41, 5.74) is 8.84. The monoisotopic (exact) mass is 301 g/mol. The van der Waals surface area contributed by atoms with Crippen molar-refractivity contribution in [1.82, 2.24) is 0 Å². The van der Waals surface area contributed by atoms with Crippen molar-refractivity contribution in [3.8, 4) is 0 Å². The summed E-state index contributed by atoms with van der Waals surface area (Å²) in [4.78, 5) is 13.0. The number of hydrogen-bond acceptors (Lipinski definition) is 4. The molecule has 4 heteroatoms. The highest BCUT2D eigenvalue weighted by atomic mass is 32.2. The zero-order chi connectivity index (χ0) is 15.2. The maximum Gasteiger partial charge on any atom is 0.313 e. The fourth-order valence-electron chi connectivity index (χ4n) is 2.07. The van der Waals surface area contributed by atoms with Crippen LogP contribution >= 0.6 is 11.8 Å². The number of anilines is 1. The number of hydrogen-bond donors (Lipinski definition) is 1. The highest BCUT2D eigenvalue weighted by Gasteiger charge is 2.21. The molecular weight excluding hydrogens is 282 g/mol. The summed E-state index contributed by atoms with van der Waals surface area (Å²) in [5.74, 6) is 0.0886. The van der Waals surface area contributed by atoms with E-state index in [9.17, 15) is 4.79 Å². The first-order chi connectivity index (χ1) is 10.1. The van der Waals surface area contributed by atoms with Crippen LogP contribution in [0.2, 0.25) is 0 Å². The predicted octanol–water partition coefficient (Wildman–Crippen LogP) is 3.63. The topological polar surface area (TPSA) is 52.3 Å². The number of rotatable bonds is 5. The highest BCUT2D eigenvalue weighted by Crippen LogP contribution is 2.31. The van der Waals surface area contributed by atoms with E-state index in [0.29, 0.717) is 5.75 Å². The molecule has 1 atom stereocenters. The molecule has 3 nitrogen and oxygen atoms in total. The Kier molecular flexibility index (Phi) is 5.28. The summed E-state index contributed by atoms with van der Waals surface area (Å²) in [6.07, 6.45) is 0. The van der Waals surface area contributed by atoms with Crippen molar-refractivity contribution in [2.24, 2.45) is 0 Å². The van der Waals surface area contributed by atoms with Crippen LogP contribution in [-0.2, 0) is 9.53 Å². The molecule has 110 valence electrons. The molecule has 2 rings (SSSR count). The number of benzene rings is 2. The third kappa shape index (κ3) is 4.02. The molecule has 0 saturated heterocycles. The first-order valence-corrected chi connectivity index (χ1v) is 7.72. The molecule has 0 bridgehead atoms. The van der Waals surface area contributed by atoms with Crippen molar-refractivity contribution in [3.63, 3.8) is 0 Å². The Morgan fingerprint density at radius 2 is 1.95 bits per heavy atom. The number of nitrogens with two attached hydrogens (primary N) is 1. The van der Waals surface area contributed by atoms with Crippen molar-refractivity contribution in [1.29, 1.82) is 0 Å². The lowest BCUT2D eigenvalue weighted by molar-refractivity contribution is -0.141. The minimum absolute atomic E-state index is 0.222. The molecular formula is C17H19NO2S. The summed E-state index contributed by atoms with van der Waals surface area (Å²) >= 11 is 1.58. The maximum absolute atomic E-state index is 12.0. The van der Waals surface area contributed by atoms with E-state index in [1.54, 1.807) is 11.8 Å². The predicted molar refractivity (Wildman–Crippen MR) is 87.5 cm³/mol. The SMILES string of the molecule is COC(=O)C(CSc1cc(C)ccc1N)c1ccccc1. The number of carbonyl (C=O) groups is 1. The molecule has 21 heavy (non-hydrogen) atoms. The van der Waals surface area contributed by atoms with Gasteiger partial charge in [0.05, 0.1) is 13.0 Å². The Labute approximate surface area is 129 Å². The maximum atomic E-state index is 12.0. The highest BCUT2D eigenvalue weighted by molar-refractivity contribution is 7.99. The van der Waals surface area contributed by atoms with Crippen molar-refractivity contribution < 1.29 is 9.53 Å². The molecule has 0 aromatic heterocycles. The summed E-state index contributed by atoms with van der Waals surface area (Å²) in [5, 5.41) is 0. The molecule has 0 aliphatic carbocycles. The third-order valence-corrected chi connectivity index (χ3v) is 4.43. The Balaban J connectivity index is 2.16. The molecule has 0 aliphatic heterocycles. The van der Waals surface area contributed by atoms with Crippen LogP contribution in [0.3, 0.4) is 0 Å². The number of methoxy groups -OCH3 is 1.